The van der Waals surface area contributed by atoms with Gasteiger partial charge in [0.25, 0.3) is 0 Å². The molecule has 4 rings (SSSR count). The number of hydrogen-bond donors (Lipinski definition) is 2. The normalized spacial score (nSPS) is 23.1. The molecule has 9 heteroatoms. The summed E-state index contributed by atoms with van der Waals surface area (Å²) in [5, 5.41) is 0. The van der Waals surface area contributed by atoms with Crippen LogP contribution in [0.3, 0.4) is 0 Å². The van der Waals surface area contributed by atoms with Crippen molar-refractivity contribution in [1.29, 1.82) is 0 Å². The number of carbonyl (C=O) groups excluding carboxylic acids is 1. The number of benzene rings is 1. The lowest BCUT2D eigenvalue weighted by atomic mass is 9.87. The Morgan fingerprint density at radius 3 is 2.45 bits per heavy atom. The third-order valence-electron chi connectivity index (χ3n) is 6.28. The van der Waals surface area contributed by atoms with E-state index < -0.39 is 11.3 Å². The number of rotatable bonds is 3. The molecule has 33 heavy (non-hydrogen) atoms. The molecule has 1 unspecified atom stereocenters. The molecule has 2 aliphatic heterocycles. The van der Waals surface area contributed by atoms with E-state index in [1.807, 2.05) is 49.9 Å². The SMILES string of the molecule is CC(C)(C)OC(=O)N1CCCC(Oc2ccc(N3C(N)=NC(N)=NC34CCCCC4)cc2)C1. The summed E-state index contributed by atoms with van der Waals surface area (Å²) in [4.78, 5) is 25.1. The van der Waals surface area contributed by atoms with Gasteiger partial charge < -0.3 is 25.8 Å². The molecule has 1 aliphatic carbocycles. The molecule has 2 heterocycles. The third kappa shape index (κ3) is 5.34. The number of ether oxygens (including phenoxy) is 2. The lowest BCUT2D eigenvalue weighted by Gasteiger charge is -2.45. The van der Waals surface area contributed by atoms with E-state index in [4.69, 9.17) is 25.9 Å². The number of guanidine groups is 2. The number of nitrogens with zero attached hydrogens (tertiary/aromatic N) is 4. The first-order valence-corrected chi connectivity index (χ1v) is 11.9. The minimum absolute atomic E-state index is 0.0761. The number of anilines is 1. The minimum Gasteiger partial charge on any atom is -0.489 e. The van der Waals surface area contributed by atoms with Crippen LogP contribution in [-0.2, 0) is 4.74 Å². The van der Waals surface area contributed by atoms with Crippen molar-refractivity contribution in [2.24, 2.45) is 21.5 Å². The zero-order chi connectivity index (χ0) is 23.6. The molecule has 1 aromatic carbocycles. The minimum atomic E-state index is -0.509. The molecule has 1 amide bonds. The van der Waals surface area contributed by atoms with Crippen LogP contribution in [0.4, 0.5) is 10.5 Å². The van der Waals surface area contributed by atoms with Gasteiger partial charge in [0.05, 0.1) is 6.54 Å². The van der Waals surface area contributed by atoms with Crippen LogP contribution in [0.25, 0.3) is 0 Å². The molecular formula is C24H36N6O3. The Hall–Kier alpha value is -2.97. The van der Waals surface area contributed by atoms with E-state index in [2.05, 4.69) is 4.99 Å². The van der Waals surface area contributed by atoms with Crippen molar-refractivity contribution in [3.63, 3.8) is 0 Å². The van der Waals surface area contributed by atoms with Crippen LogP contribution in [0, 0.1) is 0 Å². The maximum atomic E-state index is 12.4. The number of hydrogen-bond acceptors (Lipinski definition) is 8. The smallest absolute Gasteiger partial charge is 0.410 e. The topological polar surface area (TPSA) is 119 Å². The van der Waals surface area contributed by atoms with Crippen LogP contribution in [0.1, 0.15) is 65.7 Å². The van der Waals surface area contributed by atoms with Crippen molar-refractivity contribution in [3.05, 3.63) is 24.3 Å². The fraction of sp³-hybridized carbons (Fsp3) is 0.625. The first-order valence-electron chi connectivity index (χ1n) is 11.9. The van der Waals surface area contributed by atoms with Gasteiger partial charge in [0.1, 0.15) is 23.1 Å². The zero-order valence-corrected chi connectivity index (χ0v) is 19.9. The molecule has 1 spiro atoms. The second kappa shape index (κ2) is 9.11. The Bertz CT molecular complexity index is 915. The van der Waals surface area contributed by atoms with Gasteiger partial charge in [-0.2, -0.15) is 4.99 Å². The van der Waals surface area contributed by atoms with Crippen LogP contribution >= 0.6 is 0 Å². The molecule has 4 N–H and O–H groups in total. The second-order valence-electron chi connectivity index (χ2n) is 10.1. The molecule has 0 aromatic heterocycles. The molecule has 1 atom stereocenters. The summed E-state index contributed by atoms with van der Waals surface area (Å²) < 4.78 is 11.7. The molecule has 0 radical (unpaired) electrons. The zero-order valence-electron chi connectivity index (χ0n) is 19.9. The Kier molecular flexibility index (Phi) is 6.41. The Balaban J connectivity index is 1.44. The highest BCUT2D eigenvalue weighted by Crippen LogP contribution is 2.39. The molecule has 1 saturated heterocycles. The molecule has 1 saturated carbocycles. The van der Waals surface area contributed by atoms with E-state index in [0.29, 0.717) is 19.0 Å². The highest BCUT2D eigenvalue weighted by atomic mass is 16.6. The first-order chi connectivity index (χ1) is 15.7. The van der Waals surface area contributed by atoms with E-state index in [1.165, 1.54) is 6.42 Å². The second-order valence-corrected chi connectivity index (χ2v) is 10.1. The Labute approximate surface area is 195 Å². The van der Waals surface area contributed by atoms with Crippen molar-refractivity contribution in [2.45, 2.75) is 83.1 Å². The molecule has 9 nitrogen and oxygen atoms in total. The van der Waals surface area contributed by atoms with Crippen molar-refractivity contribution >= 4 is 23.7 Å². The van der Waals surface area contributed by atoms with Gasteiger partial charge >= 0.3 is 6.09 Å². The number of amides is 1. The molecular weight excluding hydrogens is 420 g/mol. The fourth-order valence-corrected chi connectivity index (χ4v) is 4.89. The largest absolute Gasteiger partial charge is 0.489 e. The van der Waals surface area contributed by atoms with Crippen molar-refractivity contribution in [2.75, 3.05) is 18.0 Å². The van der Waals surface area contributed by atoms with Gasteiger partial charge in [-0.05, 0) is 83.6 Å². The molecule has 180 valence electrons. The maximum absolute atomic E-state index is 12.4. The number of piperidine rings is 1. The van der Waals surface area contributed by atoms with E-state index in [0.717, 1.165) is 50.0 Å². The van der Waals surface area contributed by atoms with Crippen LogP contribution in [0.15, 0.2) is 34.3 Å². The van der Waals surface area contributed by atoms with E-state index in [-0.39, 0.29) is 18.2 Å². The average Bonchev–Trinajstić information content (AvgIpc) is 2.74. The summed E-state index contributed by atoms with van der Waals surface area (Å²) in [5.41, 5.74) is 12.2. The molecule has 0 bridgehead atoms. The fourth-order valence-electron chi connectivity index (χ4n) is 4.89. The summed E-state index contributed by atoms with van der Waals surface area (Å²) in [6, 6.07) is 7.85. The third-order valence-corrected chi connectivity index (χ3v) is 6.28. The van der Waals surface area contributed by atoms with Gasteiger partial charge in [-0.15, -0.1) is 0 Å². The number of carbonyl (C=O) groups is 1. The Morgan fingerprint density at radius 1 is 1.09 bits per heavy atom. The number of likely N-dealkylation sites (tertiary alicyclic amines) is 1. The summed E-state index contributed by atoms with van der Waals surface area (Å²) >= 11 is 0. The van der Waals surface area contributed by atoms with Gasteiger partial charge in [0, 0.05) is 12.2 Å². The maximum Gasteiger partial charge on any atom is 0.410 e. The predicted molar refractivity (Wildman–Crippen MR) is 129 cm³/mol. The highest BCUT2D eigenvalue weighted by molar-refractivity contribution is 6.05. The van der Waals surface area contributed by atoms with Crippen molar-refractivity contribution < 1.29 is 14.3 Å². The summed E-state index contributed by atoms with van der Waals surface area (Å²) in [5.74, 6) is 1.37. The standard InChI is InChI=1S/C24H36N6O3/c1-23(2,3)33-22(31)29-15-7-8-19(16-29)32-18-11-9-17(10-12-18)30-21(26)27-20(25)28-24(30)13-5-4-6-14-24/h9-12,19H,4-8,13-16H2,1-3H3,(H4,25,26,27,28). The van der Waals surface area contributed by atoms with Crippen molar-refractivity contribution in [1.82, 2.24) is 4.90 Å². The quantitative estimate of drug-likeness (QED) is 0.718. The lowest BCUT2D eigenvalue weighted by molar-refractivity contribution is 0.00776. The van der Waals surface area contributed by atoms with E-state index >= 15 is 0 Å². The highest BCUT2D eigenvalue weighted by Gasteiger charge is 2.42. The Morgan fingerprint density at radius 2 is 1.79 bits per heavy atom. The predicted octanol–water partition coefficient (Wildman–Crippen LogP) is 3.57. The van der Waals surface area contributed by atoms with Crippen LogP contribution in [0.2, 0.25) is 0 Å². The van der Waals surface area contributed by atoms with Crippen LogP contribution < -0.4 is 21.1 Å². The van der Waals surface area contributed by atoms with Gasteiger partial charge in [-0.1, -0.05) is 6.42 Å². The first kappa shape index (κ1) is 23.2. The van der Waals surface area contributed by atoms with E-state index in [1.54, 1.807) is 4.90 Å². The number of aliphatic imine (C=N–C) groups is 2. The summed E-state index contributed by atoms with van der Waals surface area (Å²) in [6.07, 6.45) is 6.55. The molecule has 1 aromatic rings. The van der Waals surface area contributed by atoms with E-state index in [9.17, 15) is 4.79 Å². The molecule has 2 fully saturated rings. The summed E-state index contributed by atoms with van der Waals surface area (Å²) in [7, 11) is 0. The lowest BCUT2D eigenvalue weighted by Crippen LogP contribution is -2.58. The summed E-state index contributed by atoms with van der Waals surface area (Å²) in [6.45, 7) is 6.83. The average molecular weight is 457 g/mol. The van der Waals surface area contributed by atoms with Gasteiger partial charge in [-0.3, -0.25) is 4.90 Å². The van der Waals surface area contributed by atoms with Crippen molar-refractivity contribution in [3.8, 4) is 5.75 Å². The number of nitrogens with two attached hydrogens (primary N) is 2. The molecule has 3 aliphatic rings. The van der Waals surface area contributed by atoms with Crippen LogP contribution in [0.5, 0.6) is 5.75 Å². The van der Waals surface area contributed by atoms with Gasteiger partial charge in [-0.25, -0.2) is 9.79 Å². The van der Waals surface area contributed by atoms with Gasteiger partial charge in [0.15, 0.2) is 0 Å². The van der Waals surface area contributed by atoms with Gasteiger partial charge in [0.2, 0.25) is 11.9 Å². The monoisotopic (exact) mass is 456 g/mol. The van der Waals surface area contributed by atoms with Crippen LogP contribution in [-0.4, -0.2) is 53.4 Å².